The number of nitrogens with zero attached hydrogens (tertiary/aromatic N) is 4. The number of carbonyl (C=O) groups is 1. The van der Waals surface area contributed by atoms with Gasteiger partial charge in [-0.2, -0.15) is 5.10 Å². The van der Waals surface area contributed by atoms with Crippen LogP contribution in [0.4, 0.5) is 5.69 Å². The van der Waals surface area contributed by atoms with Crippen LogP contribution in [0.2, 0.25) is 0 Å². The van der Waals surface area contributed by atoms with Crippen molar-refractivity contribution in [2.45, 2.75) is 51.0 Å². The van der Waals surface area contributed by atoms with Crippen LogP contribution < -0.4 is 10.1 Å². The highest BCUT2D eigenvalue weighted by atomic mass is 16.5. The fraction of sp³-hybridized carbons (Fsp3) is 0.480. The Morgan fingerprint density at radius 3 is 2.66 bits per heavy atom. The summed E-state index contributed by atoms with van der Waals surface area (Å²) in [5.74, 6) is 1.15. The minimum Gasteiger partial charge on any atom is -0.492 e. The third-order valence-corrected chi connectivity index (χ3v) is 6.70. The lowest BCUT2D eigenvalue weighted by Crippen LogP contribution is -2.40. The highest BCUT2D eigenvalue weighted by Crippen LogP contribution is 2.40. The summed E-state index contributed by atoms with van der Waals surface area (Å²) < 4.78 is 7.78. The van der Waals surface area contributed by atoms with Gasteiger partial charge in [0.25, 0.3) is 5.91 Å². The van der Waals surface area contributed by atoms with Gasteiger partial charge < -0.3 is 15.0 Å². The largest absolute Gasteiger partial charge is 0.492 e. The topological polar surface area (TPSA) is 72.3 Å². The molecular weight excluding hydrogens is 402 g/mol. The number of likely N-dealkylation sites (tertiary alicyclic amines) is 1. The Hall–Kier alpha value is -2.93. The molecule has 7 nitrogen and oxygen atoms in total. The number of fused-ring (bicyclic) bond motifs is 1. The molecule has 2 aromatic heterocycles. The van der Waals surface area contributed by atoms with E-state index in [1.165, 1.54) is 19.3 Å². The van der Waals surface area contributed by atoms with Gasteiger partial charge in [-0.1, -0.05) is 6.42 Å². The lowest BCUT2D eigenvalue weighted by atomic mass is 10.0. The Labute approximate surface area is 188 Å². The maximum absolute atomic E-state index is 13.2. The summed E-state index contributed by atoms with van der Waals surface area (Å²) in [4.78, 5) is 20.4. The molecule has 0 bridgehead atoms. The second-order valence-electron chi connectivity index (χ2n) is 9.20. The molecule has 1 aliphatic heterocycles. The second-order valence-corrected chi connectivity index (χ2v) is 9.20. The molecule has 5 rings (SSSR count). The number of nitrogens with one attached hydrogen (secondary N) is 1. The van der Waals surface area contributed by atoms with Crippen LogP contribution in [-0.4, -0.2) is 51.8 Å². The van der Waals surface area contributed by atoms with E-state index in [2.05, 4.69) is 22.4 Å². The fourth-order valence-electron chi connectivity index (χ4n) is 4.61. The molecule has 32 heavy (non-hydrogen) atoms. The van der Waals surface area contributed by atoms with Gasteiger partial charge in [-0.3, -0.25) is 9.48 Å². The number of pyridine rings is 1. The quantitative estimate of drug-likeness (QED) is 0.629. The maximum atomic E-state index is 13.2. The Kier molecular flexibility index (Phi) is 5.59. The average molecular weight is 434 g/mol. The van der Waals surface area contributed by atoms with Crippen LogP contribution in [0.1, 0.15) is 59.8 Å². The summed E-state index contributed by atoms with van der Waals surface area (Å²) in [6, 6.07) is 10.1. The summed E-state index contributed by atoms with van der Waals surface area (Å²) in [6.45, 7) is 3.76. The molecule has 168 valence electrons. The van der Waals surface area contributed by atoms with Crippen LogP contribution in [0.15, 0.2) is 30.3 Å². The molecule has 1 atom stereocenters. The third kappa shape index (κ3) is 4.21. The Morgan fingerprint density at radius 2 is 1.94 bits per heavy atom. The lowest BCUT2D eigenvalue weighted by Gasteiger charge is -2.32. The zero-order valence-electron chi connectivity index (χ0n) is 19.1. The van der Waals surface area contributed by atoms with Gasteiger partial charge in [0.15, 0.2) is 5.65 Å². The molecule has 0 unspecified atom stereocenters. The van der Waals surface area contributed by atoms with Gasteiger partial charge in [0.2, 0.25) is 0 Å². The maximum Gasteiger partial charge on any atom is 0.256 e. The number of likely N-dealkylation sites (N-methyl/N-ethyl adjacent to an activating group) is 1. The van der Waals surface area contributed by atoms with E-state index >= 15 is 0 Å². The van der Waals surface area contributed by atoms with Crippen molar-refractivity contribution in [2.24, 2.45) is 7.05 Å². The third-order valence-electron chi connectivity index (χ3n) is 6.70. The highest BCUT2D eigenvalue weighted by molar-refractivity contribution is 6.12. The number of anilines is 1. The summed E-state index contributed by atoms with van der Waals surface area (Å²) in [5, 5.41) is 8.36. The van der Waals surface area contributed by atoms with Crippen molar-refractivity contribution in [1.29, 1.82) is 0 Å². The first kappa shape index (κ1) is 20.9. The lowest BCUT2D eigenvalue weighted by molar-refractivity contribution is 0.102. The van der Waals surface area contributed by atoms with Crippen molar-refractivity contribution >= 4 is 22.6 Å². The summed E-state index contributed by atoms with van der Waals surface area (Å²) in [7, 11) is 4.05. The molecule has 2 aliphatic rings. The number of amides is 1. The first-order valence-electron chi connectivity index (χ1n) is 11.6. The van der Waals surface area contributed by atoms with Gasteiger partial charge >= 0.3 is 0 Å². The number of ether oxygens (including phenoxy) is 1. The number of aryl methyl sites for hydroxylation is 2. The van der Waals surface area contributed by atoms with E-state index < -0.39 is 0 Å². The smallest absolute Gasteiger partial charge is 0.256 e. The van der Waals surface area contributed by atoms with E-state index in [0.29, 0.717) is 24.1 Å². The molecule has 1 saturated heterocycles. The summed E-state index contributed by atoms with van der Waals surface area (Å²) in [5.41, 5.74) is 3.97. The molecule has 3 heterocycles. The first-order valence-corrected chi connectivity index (χ1v) is 11.6. The fourth-order valence-corrected chi connectivity index (χ4v) is 4.61. The summed E-state index contributed by atoms with van der Waals surface area (Å²) in [6.07, 6.45) is 5.99. The highest BCUT2D eigenvalue weighted by Gasteiger charge is 2.28. The van der Waals surface area contributed by atoms with E-state index in [-0.39, 0.29) is 5.91 Å². The molecule has 2 fully saturated rings. The molecule has 1 amide bonds. The standard InChI is InChI=1S/C25H31N5O2/c1-16-23-21(14-22(17-7-8-17)27-24(23)30(3)28-16)25(31)26-18-9-11-20(12-10-18)32-15-19-6-4-5-13-29(19)2/h9-12,14,17,19H,4-8,13,15H2,1-3H3,(H,26,31)/t19-/m1/s1. The van der Waals surface area contributed by atoms with Crippen molar-refractivity contribution < 1.29 is 9.53 Å². The van der Waals surface area contributed by atoms with Gasteiger partial charge in [-0.15, -0.1) is 0 Å². The van der Waals surface area contributed by atoms with E-state index in [4.69, 9.17) is 9.72 Å². The molecule has 1 saturated carbocycles. The van der Waals surface area contributed by atoms with E-state index in [1.807, 2.05) is 44.3 Å². The van der Waals surface area contributed by atoms with E-state index in [0.717, 1.165) is 53.2 Å². The van der Waals surface area contributed by atoms with Crippen LogP contribution in [0.3, 0.4) is 0 Å². The minimum atomic E-state index is -0.132. The van der Waals surface area contributed by atoms with Crippen LogP contribution >= 0.6 is 0 Å². The van der Waals surface area contributed by atoms with Gasteiger partial charge in [-0.05, 0) is 76.5 Å². The Balaban J connectivity index is 1.30. The van der Waals surface area contributed by atoms with Crippen LogP contribution in [0.5, 0.6) is 5.75 Å². The SMILES string of the molecule is Cc1nn(C)c2nc(C3CC3)cc(C(=O)Nc3ccc(OC[C@H]4CCCCN4C)cc3)c12. The molecule has 1 N–H and O–H groups in total. The van der Waals surface area contributed by atoms with Crippen LogP contribution in [0, 0.1) is 6.92 Å². The normalized spacial score (nSPS) is 19.3. The molecule has 1 aromatic carbocycles. The Morgan fingerprint density at radius 1 is 1.16 bits per heavy atom. The molecule has 1 aliphatic carbocycles. The molecular formula is C25H31N5O2. The predicted octanol–water partition coefficient (Wildman–Crippen LogP) is 4.27. The second kappa shape index (κ2) is 8.54. The predicted molar refractivity (Wildman–Crippen MR) is 125 cm³/mol. The monoisotopic (exact) mass is 433 g/mol. The Bertz CT molecular complexity index is 1130. The number of hydrogen-bond donors (Lipinski definition) is 1. The van der Waals surface area contributed by atoms with Crippen molar-refractivity contribution in [3.05, 3.63) is 47.3 Å². The van der Waals surface area contributed by atoms with Crippen molar-refractivity contribution in [2.75, 3.05) is 25.5 Å². The number of rotatable bonds is 6. The zero-order valence-corrected chi connectivity index (χ0v) is 19.1. The molecule has 0 radical (unpaired) electrons. The first-order chi connectivity index (χ1) is 15.5. The number of carbonyl (C=O) groups excluding carboxylic acids is 1. The number of aromatic nitrogens is 3. The van der Waals surface area contributed by atoms with Gasteiger partial charge in [0.05, 0.1) is 16.6 Å². The average Bonchev–Trinajstić information content (AvgIpc) is 3.60. The van der Waals surface area contributed by atoms with Crippen molar-refractivity contribution in [1.82, 2.24) is 19.7 Å². The molecule has 7 heteroatoms. The van der Waals surface area contributed by atoms with Crippen molar-refractivity contribution in [3.8, 4) is 5.75 Å². The molecule has 3 aromatic rings. The van der Waals surface area contributed by atoms with E-state index in [1.54, 1.807) is 4.68 Å². The van der Waals surface area contributed by atoms with Crippen molar-refractivity contribution in [3.63, 3.8) is 0 Å². The van der Waals surface area contributed by atoms with Gasteiger partial charge in [0, 0.05) is 30.4 Å². The zero-order chi connectivity index (χ0) is 22.2. The molecule has 0 spiro atoms. The van der Waals surface area contributed by atoms with Gasteiger partial charge in [-0.25, -0.2) is 4.98 Å². The summed E-state index contributed by atoms with van der Waals surface area (Å²) >= 11 is 0. The number of piperidine rings is 1. The minimum absolute atomic E-state index is 0.132. The number of hydrogen-bond acceptors (Lipinski definition) is 5. The number of benzene rings is 1. The van der Waals surface area contributed by atoms with Crippen LogP contribution in [0.25, 0.3) is 11.0 Å². The van der Waals surface area contributed by atoms with Crippen LogP contribution in [-0.2, 0) is 7.05 Å². The van der Waals surface area contributed by atoms with E-state index in [9.17, 15) is 4.79 Å². The van der Waals surface area contributed by atoms with Gasteiger partial charge in [0.1, 0.15) is 12.4 Å².